The lowest BCUT2D eigenvalue weighted by Gasteiger charge is -2.16. The van der Waals surface area contributed by atoms with Crippen molar-refractivity contribution in [1.82, 2.24) is 10.4 Å². The van der Waals surface area contributed by atoms with Crippen LogP contribution in [0.15, 0.2) is 53.6 Å². The molecule has 0 aliphatic heterocycles. The topological polar surface area (TPSA) is 77.0 Å². The molecule has 0 aliphatic carbocycles. The first-order valence-electron chi connectivity index (χ1n) is 6.13. The lowest BCUT2D eigenvalue weighted by atomic mass is 10.1. The average Bonchev–Trinajstić information content (AvgIpc) is 2.46. The standard InChI is InChI=1S/C14H18N4S/c15-14-11(5-4-8-17-14)9-12(18-16)10-19-13-6-2-1-3-7-13/h1-8,12,18H,9-10,16H2,(H2,15,17). The van der Waals surface area contributed by atoms with Crippen molar-refractivity contribution in [3.63, 3.8) is 0 Å². The van der Waals surface area contributed by atoms with Crippen LogP contribution in [0.3, 0.4) is 0 Å². The van der Waals surface area contributed by atoms with E-state index in [2.05, 4.69) is 22.5 Å². The molecule has 1 aromatic carbocycles. The van der Waals surface area contributed by atoms with Gasteiger partial charge in [0.1, 0.15) is 5.82 Å². The van der Waals surface area contributed by atoms with Crippen molar-refractivity contribution in [1.29, 1.82) is 0 Å². The molecule has 0 radical (unpaired) electrons. The van der Waals surface area contributed by atoms with Gasteiger partial charge in [0, 0.05) is 22.9 Å². The van der Waals surface area contributed by atoms with Crippen molar-refractivity contribution in [2.24, 2.45) is 5.84 Å². The molecule has 1 aromatic heterocycles. The molecule has 4 nitrogen and oxygen atoms in total. The number of nitrogen functional groups attached to an aromatic ring is 1. The number of benzene rings is 1. The number of hydrogen-bond acceptors (Lipinski definition) is 5. The van der Waals surface area contributed by atoms with Crippen LogP contribution in [0.1, 0.15) is 5.56 Å². The Kier molecular flexibility index (Phi) is 5.20. The number of pyridine rings is 1. The van der Waals surface area contributed by atoms with Gasteiger partial charge in [0.15, 0.2) is 0 Å². The number of thioether (sulfide) groups is 1. The Hall–Kier alpha value is -1.56. The van der Waals surface area contributed by atoms with Crippen LogP contribution in [0.5, 0.6) is 0 Å². The van der Waals surface area contributed by atoms with Crippen LogP contribution in [-0.4, -0.2) is 16.8 Å². The third-order valence-electron chi connectivity index (χ3n) is 2.82. The van der Waals surface area contributed by atoms with Crippen LogP contribution >= 0.6 is 11.8 Å². The second-order valence-corrected chi connectivity index (χ2v) is 5.33. The van der Waals surface area contributed by atoms with Gasteiger partial charge in [-0.15, -0.1) is 11.8 Å². The van der Waals surface area contributed by atoms with E-state index >= 15 is 0 Å². The number of nitrogens with zero attached hydrogens (tertiary/aromatic N) is 1. The van der Waals surface area contributed by atoms with E-state index in [1.807, 2.05) is 30.3 Å². The largest absolute Gasteiger partial charge is 0.383 e. The second kappa shape index (κ2) is 7.13. The Balaban J connectivity index is 1.92. The van der Waals surface area contributed by atoms with E-state index in [1.165, 1.54) is 4.90 Å². The molecule has 0 bridgehead atoms. The van der Waals surface area contributed by atoms with E-state index in [-0.39, 0.29) is 6.04 Å². The quantitative estimate of drug-likeness (QED) is 0.425. The highest BCUT2D eigenvalue weighted by atomic mass is 32.2. The average molecular weight is 274 g/mol. The Morgan fingerprint density at radius 1 is 1.16 bits per heavy atom. The van der Waals surface area contributed by atoms with Gasteiger partial charge in [0.05, 0.1) is 0 Å². The predicted molar refractivity (Wildman–Crippen MR) is 80.6 cm³/mol. The van der Waals surface area contributed by atoms with E-state index in [1.54, 1.807) is 18.0 Å². The molecular weight excluding hydrogens is 256 g/mol. The van der Waals surface area contributed by atoms with Gasteiger partial charge in [-0.3, -0.25) is 11.3 Å². The van der Waals surface area contributed by atoms with Gasteiger partial charge in [-0.1, -0.05) is 24.3 Å². The minimum Gasteiger partial charge on any atom is -0.383 e. The van der Waals surface area contributed by atoms with E-state index < -0.39 is 0 Å². The number of anilines is 1. The molecular formula is C14H18N4S. The SMILES string of the molecule is NNC(CSc1ccccc1)Cc1cccnc1N. The molecule has 1 unspecified atom stereocenters. The maximum absolute atomic E-state index is 5.84. The van der Waals surface area contributed by atoms with E-state index in [0.717, 1.165) is 17.7 Å². The zero-order chi connectivity index (χ0) is 13.5. The highest BCUT2D eigenvalue weighted by molar-refractivity contribution is 7.99. The molecule has 19 heavy (non-hydrogen) atoms. The summed E-state index contributed by atoms with van der Waals surface area (Å²) < 4.78 is 0. The third-order valence-corrected chi connectivity index (χ3v) is 4.00. The molecule has 0 amide bonds. The number of nitrogens with one attached hydrogen (secondary N) is 1. The van der Waals surface area contributed by atoms with Gasteiger partial charge in [0.25, 0.3) is 0 Å². The maximum atomic E-state index is 5.84. The Morgan fingerprint density at radius 3 is 2.63 bits per heavy atom. The summed E-state index contributed by atoms with van der Waals surface area (Å²) in [5, 5.41) is 0. The first kappa shape index (κ1) is 13.9. The van der Waals surface area contributed by atoms with Gasteiger partial charge in [-0.05, 0) is 30.2 Å². The van der Waals surface area contributed by atoms with E-state index in [0.29, 0.717) is 5.82 Å². The van der Waals surface area contributed by atoms with E-state index in [4.69, 9.17) is 11.6 Å². The number of hydrazine groups is 1. The lowest BCUT2D eigenvalue weighted by molar-refractivity contribution is 0.575. The Bertz CT molecular complexity index is 504. The van der Waals surface area contributed by atoms with Crippen LogP contribution in [0.25, 0.3) is 0 Å². The minimum atomic E-state index is 0.164. The Labute approximate surface area is 117 Å². The fourth-order valence-electron chi connectivity index (χ4n) is 1.77. The summed E-state index contributed by atoms with van der Waals surface area (Å²) >= 11 is 1.77. The molecule has 1 atom stereocenters. The summed E-state index contributed by atoms with van der Waals surface area (Å²) in [5.74, 6) is 7.07. The Morgan fingerprint density at radius 2 is 1.95 bits per heavy atom. The first-order chi connectivity index (χ1) is 9.29. The normalized spacial score (nSPS) is 12.3. The van der Waals surface area contributed by atoms with Crippen molar-refractivity contribution < 1.29 is 0 Å². The van der Waals surface area contributed by atoms with Gasteiger partial charge >= 0.3 is 0 Å². The summed E-state index contributed by atoms with van der Waals surface area (Å²) in [4.78, 5) is 5.33. The molecule has 0 aliphatic rings. The van der Waals surface area contributed by atoms with Crippen LogP contribution in [-0.2, 0) is 6.42 Å². The monoisotopic (exact) mass is 274 g/mol. The lowest BCUT2D eigenvalue weighted by Crippen LogP contribution is -2.38. The molecule has 0 spiro atoms. The van der Waals surface area contributed by atoms with Crippen molar-refractivity contribution >= 4 is 17.6 Å². The smallest absolute Gasteiger partial charge is 0.126 e. The minimum absolute atomic E-state index is 0.164. The summed E-state index contributed by atoms with van der Waals surface area (Å²) in [6.07, 6.45) is 2.47. The van der Waals surface area contributed by atoms with Crippen molar-refractivity contribution in [3.05, 3.63) is 54.2 Å². The molecule has 1 heterocycles. The zero-order valence-electron chi connectivity index (χ0n) is 10.6. The summed E-state index contributed by atoms with van der Waals surface area (Å²) in [6.45, 7) is 0. The zero-order valence-corrected chi connectivity index (χ0v) is 11.4. The molecule has 2 rings (SSSR count). The molecule has 0 saturated heterocycles. The van der Waals surface area contributed by atoms with Gasteiger partial charge in [-0.25, -0.2) is 4.98 Å². The fraction of sp³-hybridized carbons (Fsp3) is 0.214. The van der Waals surface area contributed by atoms with Crippen molar-refractivity contribution in [2.75, 3.05) is 11.5 Å². The molecule has 0 saturated carbocycles. The molecule has 5 heteroatoms. The summed E-state index contributed by atoms with van der Waals surface area (Å²) in [5.41, 5.74) is 9.72. The van der Waals surface area contributed by atoms with E-state index in [9.17, 15) is 0 Å². The first-order valence-corrected chi connectivity index (χ1v) is 7.11. The summed E-state index contributed by atoms with van der Waals surface area (Å²) in [6, 6.07) is 14.3. The third kappa shape index (κ3) is 4.24. The van der Waals surface area contributed by atoms with Crippen LogP contribution < -0.4 is 17.0 Å². The van der Waals surface area contributed by atoms with Gasteiger partial charge in [0.2, 0.25) is 0 Å². The highest BCUT2D eigenvalue weighted by Crippen LogP contribution is 2.19. The number of nitrogens with two attached hydrogens (primary N) is 2. The number of aromatic nitrogens is 1. The fourth-order valence-corrected chi connectivity index (χ4v) is 2.73. The number of rotatable bonds is 6. The maximum Gasteiger partial charge on any atom is 0.126 e. The van der Waals surface area contributed by atoms with Crippen LogP contribution in [0.4, 0.5) is 5.82 Å². The summed E-state index contributed by atoms with van der Waals surface area (Å²) in [7, 11) is 0. The van der Waals surface area contributed by atoms with Crippen molar-refractivity contribution in [3.8, 4) is 0 Å². The molecule has 5 N–H and O–H groups in total. The molecule has 100 valence electrons. The van der Waals surface area contributed by atoms with Crippen LogP contribution in [0.2, 0.25) is 0 Å². The second-order valence-electron chi connectivity index (χ2n) is 4.24. The predicted octanol–water partition coefficient (Wildman–Crippen LogP) is 1.83. The van der Waals surface area contributed by atoms with Crippen LogP contribution in [0, 0.1) is 0 Å². The van der Waals surface area contributed by atoms with Gasteiger partial charge in [-0.2, -0.15) is 0 Å². The van der Waals surface area contributed by atoms with Gasteiger partial charge < -0.3 is 5.73 Å². The highest BCUT2D eigenvalue weighted by Gasteiger charge is 2.10. The number of hydrogen-bond donors (Lipinski definition) is 3. The molecule has 2 aromatic rings. The van der Waals surface area contributed by atoms with Crippen molar-refractivity contribution in [2.45, 2.75) is 17.4 Å². The molecule has 0 fully saturated rings.